The van der Waals surface area contributed by atoms with Crippen LogP contribution < -0.4 is 0 Å². The molecule has 132 valence electrons. The molecule has 0 unspecified atom stereocenters. The molecule has 0 spiro atoms. The van der Waals surface area contributed by atoms with Gasteiger partial charge in [0.05, 0.1) is 0 Å². The van der Waals surface area contributed by atoms with Crippen molar-refractivity contribution in [2.75, 3.05) is 13.2 Å². The normalized spacial score (nSPS) is 10.2. The first-order chi connectivity index (χ1) is 11.6. The highest BCUT2D eigenvalue weighted by Crippen LogP contribution is 2.07. The van der Waals surface area contributed by atoms with Gasteiger partial charge >= 0.3 is 11.9 Å². The van der Waals surface area contributed by atoms with E-state index in [0.717, 1.165) is 19.3 Å². The number of hydrogen-bond acceptors (Lipinski definition) is 5. The lowest BCUT2D eigenvalue weighted by Gasteiger charge is -2.06. The zero-order chi connectivity index (χ0) is 17.6. The molecule has 0 aliphatic carbocycles. The van der Waals surface area contributed by atoms with Crippen molar-refractivity contribution in [3.63, 3.8) is 0 Å². The molecule has 0 fully saturated rings. The van der Waals surface area contributed by atoms with Crippen molar-refractivity contribution in [1.82, 2.24) is 0 Å². The molecule has 0 bridgehead atoms. The zero-order valence-corrected chi connectivity index (χ0v) is 14.3. The number of benzene rings is 1. The van der Waals surface area contributed by atoms with Crippen LogP contribution in [0.15, 0.2) is 30.3 Å². The average Bonchev–Trinajstić information content (AvgIpc) is 2.61. The molecule has 0 amide bonds. The molecule has 1 rings (SSSR count). The average molecular weight is 334 g/mol. The van der Waals surface area contributed by atoms with E-state index in [-0.39, 0.29) is 24.7 Å². The molecule has 0 saturated carbocycles. The first kappa shape index (κ1) is 19.9. The second-order valence-electron chi connectivity index (χ2n) is 5.57. The van der Waals surface area contributed by atoms with E-state index in [2.05, 4.69) is 6.92 Å². The first-order valence-electron chi connectivity index (χ1n) is 8.57. The standard InChI is InChI=1S/C19H26O5/c1-2-3-4-5-6-10-13-17(20)23-14-15-24-19(22)18(21)16-11-8-7-9-12-16/h7-9,11-12H,2-6,10,13-15H2,1H3. The summed E-state index contributed by atoms with van der Waals surface area (Å²) >= 11 is 0. The Labute approximate surface area is 143 Å². The summed E-state index contributed by atoms with van der Waals surface area (Å²) in [7, 11) is 0. The second kappa shape index (κ2) is 12.3. The summed E-state index contributed by atoms with van der Waals surface area (Å²) < 4.78 is 9.79. The van der Waals surface area contributed by atoms with E-state index in [4.69, 9.17) is 9.47 Å². The number of Topliss-reactive ketones (excluding diaryl/α,β-unsaturated/α-hetero) is 1. The van der Waals surface area contributed by atoms with Gasteiger partial charge in [-0.2, -0.15) is 0 Å². The number of rotatable bonds is 12. The van der Waals surface area contributed by atoms with Gasteiger partial charge in [0.15, 0.2) is 0 Å². The largest absolute Gasteiger partial charge is 0.462 e. The Morgan fingerprint density at radius 3 is 2.17 bits per heavy atom. The van der Waals surface area contributed by atoms with Gasteiger partial charge in [0.2, 0.25) is 0 Å². The number of carbonyl (C=O) groups is 3. The number of ether oxygens (including phenoxy) is 2. The quantitative estimate of drug-likeness (QED) is 0.252. The lowest BCUT2D eigenvalue weighted by atomic mass is 10.1. The first-order valence-corrected chi connectivity index (χ1v) is 8.57. The third-order valence-electron chi connectivity index (χ3n) is 3.54. The van der Waals surface area contributed by atoms with Crippen molar-refractivity contribution in [1.29, 1.82) is 0 Å². The molecule has 5 nitrogen and oxygen atoms in total. The highest BCUT2D eigenvalue weighted by atomic mass is 16.6. The van der Waals surface area contributed by atoms with Gasteiger partial charge < -0.3 is 9.47 Å². The second-order valence-corrected chi connectivity index (χ2v) is 5.57. The maximum absolute atomic E-state index is 11.7. The Bertz CT molecular complexity index is 510. The van der Waals surface area contributed by atoms with Crippen LogP contribution >= 0.6 is 0 Å². The zero-order valence-electron chi connectivity index (χ0n) is 14.3. The van der Waals surface area contributed by atoms with Gasteiger partial charge in [-0.3, -0.25) is 9.59 Å². The lowest BCUT2D eigenvalue weighted by molar-refractivity contribution is -0.149. The summed E-state index contributed by atoms with van der Waals surface area (Å²) in [5, 5.41) is 0. The van der Waals surface area contributed by atoms with Crippen molar-refractivity contribution in [3.8, 4) is 0 Å². The third kappa shape index (κ3) is 8.46. The van der Waals surface area contributed by atoms with Crippen LogP contribution in [0.5, 0.6) is 0 Å². The monoisotopic (exact) mass is 334 g/mol. The van der Waals surface area contributed by atoms with Crippen molar-refractivity contribution >= 4 is 17.7 Å². The van der Waals surface area contributed by atoms with E-state index >= 15 is 0 Å². The van der Waals surface area contributed by atoms with Gasteiger partial charge in [0, 0.05) is 12.0 Å². The minimum Gasteiger partial charge on any atom is -0.462 e. The number of ketones is 1. The van der Waals surface area contributed by atoms with Crippen molar-refractivity contribution in [2.24, 2.45) is 0 Å². The Kier molecular flexibility index (Phi) is 10.2. The third-order valence-corrected chi connectivity index (χ3v) is 3.54. The summed E-state index contributed by atoms with van der Waals surface area (Å²) in [5.41, 5.74) is 0.280. The maximum Gasteiger partial charge on any atom is 0.379 e. The van der Waals surface area contributed by atoms with Crippen LogP contribution in [0, 0.1) is 0 Å². The van der Waals surface area contributed by atoms with Crippen LogP contribution in [0.25, 0.3) is 0 Å². The Morgan fingerprint density at radius 1 is 0.833 bits per heavy atom. The highest BCUT2D eigenvalue weighted by Gasteiger charge is 2.17. The van der Waals surface area contributed by atoms with Crippen LogP contribution in [-0.2, 0) is 19.1 Å². The van der Waals surface area contributed by atoms with E-state index in [1.54, 1.807) is 30.3 Å². The fraction of sp³-hybridized carbons (Fsp3) is 0.526. The van der Waals surface area contributed by atoms with Gasteiger partial charge in [0.25, 0.3) is 5.78 Å². The number of carbonyl (C=O) groups excluding carboxylic acids is 3. The van der Waals surface area contributed by atoms with Gasteiger partial charge in [-0.1, -0.05) is 69.4 Å². The van der Waals surface area contributed by atoms with Gasteiger partial charge in [-0.15, -0.1) is 0 Å². The molecule has 5 heteroatoms. The molecular weight excluding hydrogens is 308 g/mol. The van der Waals surface area contributed by atoms with Crippen LogP contribution in [0.3, 0.4) is 0 Å². The Morgan fingerprint density at radius 2 is 1.46 bits per heavy atom. The summed E-state index contributed by atoms with van der Waals surface area (Å²) in [5.74, 6) is -1.93. The molecule has 0 N–H and O–H groups in total. The minimum absolute atomic E-state index is 0.0253. The van der Waals surface area contributed by atoms with Crippen LogP contribution in [-0.4, -0.2) is 30.9 Å². The molecule has 0 aliphatic rings. The molecule has 0 aromatic heterocycles. The molecule has 24 heavy (non-hydrogen) atoms. The van der Waals surface area contributed by atoms with Gasteiger partial charge in [-0.05, 0) is 6.42 Å². The van der Waals surface area contributed by atoms with Crippen LogP contribution in [0.1, 0.15) is 62.2 Å². The van der Waals surface area contributed by atoms with Gasteiger partial charge in [-0.25, -0.2) is 4.79 Å². The van der Waals surface area contributed by atoms with Crippen LogP contribution in [0.4, 0.5) is 0 Å². The summed E-state index contributed by atoms with van der Waals surface area (Å²) in [4.78, 5) is 34.8. The minimum atomic E-state index is -0.937. The fourth-order valence-corrected chi connectivity index (χ4v) is 2.18. The van der Waals surface area contributed by atoms with E-state index in [9.17, 15) is 14.4 Å². The lowest BCUT2D eigenvalue weighted by Crippen LogP contribution is -2.20. The highest BCUT2D eigenvalue weighted by molar-refractivity contribution is 6.40. The van der Waals surface area contributed by atoms with E-state index < -0.39 is 11.8 Å². The predicted octanol–water partition coefficient (Wildman–Crippen LogP) is 3.71. The summed E-state index contributed by atoms with van der Waals surface area (Å²) in [6.07, 6.45) is 7.00. The van der Waals surface area contributed by atoms with E-state index in [0.29, 0.717) is 6.42 Å². The Hall–Kier alpha value is -2.17. The molecule has 1 aromatic rings. The van der Waals surface area contributed by atoms with Crippen molar-refractivity contribution in [3.05, 3.63) is 35.9 Å². The number of hydrogen-bond donors (Lipinski definition) is 0. The number of unbranched alkanes of at least 4 members (excludes halogenated alkanes) is 5. The van der Waals surface area contributed by atoms with Crippen LogP contribution in [0.2, 0.25) is 0 Å². The molecular formula is C19H26O5. The molecule has 0 atom stereocenters. The fourth-order valence-electron chi connectivity index (χ4n) is 2.18. The van der Waals surface area contributed by atoms with Gasteiger partial charge in [0.1, 0.15) is 13.2 Å². The molecule has 0 radical (unpaired) electrons. The topological polar surface area (TPSA) is 69.7 Å². The molecule has 0 saturated heterocycles. The predicted molar refractivity (Wildman–Crippen MR) is 90.7 cm³/mol. The molecule has 0 heterocycles. The van der Waals surface area contributed by atoms with Crippen molar-refractivity contribution < 1.29 is 23.9 Å². The Balaban J connectivity index is 2.07. The number of esters is 2. The van der Waals surface area contributed by atoms with Crippen molar-refractivity contribution in [2.45, 2.75) is 51.9 Å². The maximum atomic E-state index is 11.7. The molecule has 0 aliphatic heterocycles. The smallest absolute Gasteiger partial charge is 0.379 e. The molecule has 1 aromatic carbocycles. The summed E-state index contributed by atoms with van der Waals surface area (Å²) in [6, 6.07) is 8.19. The SMILES string of the molecule is CCCCCCCCC(=O)OCCOC(=O)C(=O)c1ccccc1. The summed E-state index contributed by atoms with van der Waals surface area (Å²) in [6.45, 7) is 2.03. The van der Waals surface area contributed by atoms with E-state index in [1.807, 2.05) is 0 Å². The van der Waals surface area contributed by atoms with E-state index in [1.165, 1.54) is 19.3 Å².